The molecular formula is C28H22N2OS. The van der Waals surface area contributed by atoms with Gasteiger partial charge in [0.05, 0.1) is 17.5 Å². The van der Waals surface area contributed by atoms with Crippen LogP contribution < -0.4 is 0 Å². The number of thiophene rings is 1. The second-order valence-corrected chi connectivity index (χ2v) is 10.3. The van der Waals surface area contributed by atoms with Crippen LogP contribution in [0.1, 0.15) is 26.3 Å². The van der Waals surface area contributed by atoms with E-state index in [0.717, 1.165) is 38.1 Å². The fourth-order valence-electron chi connectivity index (χ4n) is 4.46. The van der Waals surface area contributed by atoms with E-state index >= 15 is 0 Å². The minimum atomic E-state index is 0.0317. The van der Waals surface area contributed by atoms with E-state index in [0.29, 0.717) is 0 Å². The highest BCUT2D eigenvalue weighted by atomic mass is 32.1. The molecule has 156 valence electrons. The highest BCUT2D eigenvalue weighted by Crippen LogP contribution is 2.41. The highest BCUT2D eigenvalue weighted by Gasteiger charge is 2.20. The molecule has 3 nitrogen and oxygen atoms in total. The largest absolute Gasteiger partial charge is 0.464 e. The van der Waals surface area contributed by atoms with Gasteiger partial charge in [-0.1, -0.05) is 45.0 Å². The first-order valence-electron chi connectivity index (χ1n) is 10.7. The average Bonchev–Trinajstić information content (AvgIpc) is 3.44. The Kier molecular flexibility index (Phi) is 4.21. The van der Waals surface area contributed by atoms with E-state index in [9.17, 15) is 0 Å². The molecule has 32 heavy (non-hydrogen) atoms. The summed E-state index contributed by atoms with van der Waals surface area (Å²) in [6.45, 7) is 6.81. The lowest BCUT2D eigenvalue weighted by Gasteiger charge is -2.22. The molecular weight excluding hydrogens is 412 g/mol. The summed E-state index contributed by atoms with van der Waals surface area (Å²) in [6, 6.07) is 19.5. The van der Waals surface area contributed by atoms with Gasteiger partial charge < -0.3 is 4.42 Å². The molecule has 0 unspecified atom stereocenters. The zero-order valence-corrected chi connectivity index (χ0v) is 19.0. The molecule has 4 aromatic heterocycles. The van der Waals surface area contributed by atoms with Crippen molar-refractivity contribution < 1.29 is 4.42 Å². The van der Waals surface area contributed by atoms with Gasteiger partial charge in [0.15, 0.2) is 0 Å². The third-order valence-electron chi connectivity index (χ3n) is 6.01. The molecule has 6 rings (SSSR count). The summed E-state index contributed by atoms with van der Waals surface area (Å²) in [5, 5.41) is 4.72. The standard InChI is InChI=1S/C28H22N2OS/c1-28(2,3)23-13-19(12-17-6-4-5-7-20(17)23)26-21-14-25(32-24(21)8-10-30-26)22-16-29-15-18-9-11-31-27(18)22/h4-16H,1-3H3. The van der Waals surface area contributed by atoms with Crippen molar-refractivity contribution in [1.29, 1.82) is 0 Å². The predicted octanol–water partition coefficient (Wildman–Crippen LogP) is 8.22. The molecule has 0 aliphatic carbocycles. The second-order valence-electron chi connectivity index (χ2n) is 9.20. The molecule has 0 N–H and O–H groups in total. The lowest BCUT2D eigenvalue weighted by Crippen LogP contribution is -2.12. The Bertz CT molecular complexity index is 1620. The number of fused-ring (bicyclic) bond motifs is 3. The third kappa shape index (κ3) is 3.02. The molecule has 0 aliphatic heterocycles. The van der Waals surface area contributed by atoms with Gasteiger partial charge in [0, 0.05) is 44.5 Å². The van der Waals surface area contributed by atoms with Gasteiger partial charge in [-0.05, 0) is 52.1 Å². The first-order chi connectivity index (χ1) is 15.5. The van der Waals surface area contributed by atoms with Crippen molar-refractivity contribution in [1.82, 2.24) is 9.97 Å². The summed E-state index contributed by atoms with van der Waals surface area (Å²) in [5.74, 6) is 0. The molecule has 0 bridgehead atoms. The number of benzene rings is 2. The van der Waals surface area contributed by atoms with Crippen LogP contribution in [0.3, 0.4) is 0 Å². The molecule has 0 saturated heterocycles. The van der Waals surface area contributed by atoms with E-state index in [-0.39, 0.29) is 5.41 Å². The van der Waals surface area contributed by atoms with Crippen molar-refractivity contribution in [3.05, 3.63) is 85.0 Å². The molecule has 2 aromatic carbocycles. The van der Waals surface area contributed by atoms with Gasteiger partial charge in [-0.2, -0.15) is 0 Å². The molecule has 0 saturated carbocycles. The van der Waals surface area contributed by atoms with Crippen molar-refractivity contribution in [2.45, 2.75) is 26.2 Å². The maximum Gasteiger partial charge on any atom is 0.145 e. The smallest absolute Gasteiger partial charge is 0.145 e. The third-order valence-corrected chi connectivity index (χ3v) is 7.15. The first-order valence-corrected chi connectivity index (χ1v) is 11.5. The Morgan fingerprint density at radius 3 is 2.62 bits per heavy atom. The molecule has 0 atom stereocenters. The van der Waals surface area contributed by atoms with Crippen molar-refractivity contribution in [2.75, 3.05) is 0 Å². The van der Waals surface area contributed by atoms with Crippen molar-refractivity contribution in [2.24, 2.45) is 0 Å². The molecule has 0 amide bonds. The number of rotatable bonds is 2. The number of hydrogen-bond donors (Lipinski definition) is 0. The summed E-state index contributed by atoms with van der Waals surface area (Å²) in [5.41, 5.74) is 5.43. The fourth-order valence-corrected chi connectivity index (χ4v) is 5.52. The number of hydrogen-bond acceptors (Lipinski definition) is 4. The van der Waals surface area contributed by atoms with Gasteiger partial charge in [-0.25, -0.2) is 0 Å². The minimum Gasteiger partial charge on any atom is -0.464 e. The Hall–Kier alpha value is -3.50. The van der Waals surface area contributed by atoms with Crippen LogP contribution in [0.4, 0.5) is 0 Å². The van der Waals surface area contributed by atoms with E-state index in [1.807, 2.05) is 24.7 Å². The van der Waals surface area contributed by atoms with E-state index in [4.69, 9.17) is 9.40 Å². The van der Waals surface area contributed by atoms with Crippen molar-refractivity contribution >= 4 is 43.2 Å². The Morgan fingerprint density at radius 2 is 1.75 bits per heavy atom. The number of furan rings is 1. The van der Waals surface area contributed by atoms with Gasteiger partial charge in [0.2, 0.25) is 0 Å². The number of pyridine rings is 2. The van der Waals surface area contributed by atoms with E-state index in [2.05, 4.69) is 74.3 Å². The molecule has 0 radical (unpaired) electrons. The predicted molar refractivity (Wildman–Crippen MR) is 134 cm³/mol. The van der Waals surface area contributed by atoms with Crippen molar-refractivity contribution in [3.8, 4) is 21.7 Å². The Balaban J connectivity index is 1.60. The summed E-state index contributed by atoms with van der Waals surface area (Å²) in [4.78, 5) is 10.4. The highest BCUT2D eigenvalue weighted by molar-refractivity contribution is 7.22. The van der Waals surface area contributed by atoms with Crippen LogP contribution in [-0.2, 0) is 5.41 Å². The van der Waals surface area contributed by atoms with Crippen LogP contribution in [0.2, 0.25) is 0 Å². The zero-order chi connectivity index (χ0) is 21.9. The van der Waals surface area contributed by atoms with E-state index < -0.39 is 0 Å². The van der Waals surface area contributed by atoms with Gasteiger partial charge in [0.25, 0.3) is 0 Å². The van der Waals surface area contributed by atoms with Gasteiger partial charge >= 0.3 is 0 Å². The quantitative estimate of drug-likeness (QED) is 0.275. The monoisotopic (exact) mass is 434 g/mol. The van der Waals surface area contributed by atoms with Crippen LogP contribution in [0, 0.1) is 0 Å². The van der Waals surface area contributed by atoms with Crippen LogP contribution in [-0.4, -0.2) is 9.97 Å². The molecule has 4 heterocycles. The van der Waals surface area contributed by atoms with Crippen molar-refractivity contribution in [3.63, 3.8) is 0 Å². The minimum absolute atomic E-state index is 0.0317. The average molecular weight is 435 g/mol. The molecule has 0 spiro atoms. The number of nitrogens with zero attached hydrogens (tertiary/aromatic N) is 2. The van der Waals surface area contributed by atoms with Gasteiger partial charge in [0.1, 0.15) is 5.58 Å². The topological polar surface area (TPSA) is 38.9 Å². The van der Waals surface area contributed by atoms with Gasteiger partial charge in [-0.15, -0.1) is 11.3 Å². The molecule has 0 fully saturated rings. The van der Waals surface area contributed by atoms with E-state index in [1.54, 1.807) is 17.6 Å². The maximum atomic E-state index is 5.77. The van der Waals surface area contributed by atoms with E-state index in [1.165, 1.54) is 21.0 Å². The van der Waals surface area contributed by atoms with Crippen LogP contribution >= 0.6 is 11.3 Å². The first kappa shape index (κ1) is 19.2. The SMILES string of the molecule is CC(C)(C)c1cc(-c2nccc3sc(-c4cncc5ccoc45)cc23)cc2ccccc12. The lowest BCUT2D eigenvalue weighted by atomic mass is 9.82. The summed E-state index contributed by atoms with van der Waals surface area (Å²) in [6.07, 6.45) is 7.36. The number of aromatic nitrogens is 2. The molecule has 4 heteroatoms. The fraction of sp³-hybridized carbons (Fsp3) is 0.143. The Morgan fingerprint density at radius 1 is 0.875 bits per heavy atom. The van der Waals surface area contributed by atoms with Crippen LogP contribution in [0.15, 0.2) is 83.9 Å². The second kappa shape index (κ2) is 7.01. The summed E-state index contributed by atoms with van der Waals surface area (Å²) >= 11 is 1.75. The summed E-state index contributed by atoms with van der Waals surface area (Å²) < 4.78 is 6.97. The molecule has 0 aliphatic rings. The maximum absolute atomic E-state index is 5.77. The normalized spacial score (nSPS) is 12.2. The summed E-state index contributed by atoms with van der Waals surface area (Å²) in [7, 11) is 0. The lowest BCUT2D eigenvalue weighted by molar-refractivity contribution is 0.596. The van der Waals surface area contributed by atoms with Crippen LogP contribution in [0.25, 0.3) is 53.5 Å². The Labute approximate surface area is 190 Å². The van der Waals surface area contributed by atoms with Gasteiger partial charge in [-0.3, -0.25) is 9.97 Å². The molecule has 6 aromatic rings. The zero-order valence-electron chi connectivity index (χ0n) is 18.2. The van der Waals surface area contributed by atoms with Crippen LogP contribution in [0.5, 0.6) is 0 Å².